The van der Waals surface area contributed by atoms with Gasteiger partial charge in [0, 0.05) is 6.54 Å². The fourth-order valence-corrected chi connectivity index (χ4v) is 4.07. The Balaban J connectivity index is 1.60. The molecule has 0 aromatic heterocycles. The zero-order valence-electron chi connectivity index (χ0n) is 16.1. The summed E-state index contributed by atoms with van der Waals surface area (Å²) >= 11 is 0. The molecule has 5 nitrogen and oxygen atoms in total. The molecular weight excluding hydrogens is 373 g/mol. The van der Waals surface area contributed by atoms with Crippen LogP contribution in [0.2, 0.25) is 0 Å². The molecule has 1 aromatic carbocycles. The normalized spacial score (nSPS) is 18.3. The number of nitrogens with one attached hydrogen (secondary N) is 1. The fourth-order valence-electron chi connectivity index (χ4n) is 4.07. The Morgan fingerprint density at radius 2 is 1.86 bits per heavy atom. The van der Waals surface area contributed by atoms with Gasteiger partial charge in [0.05, 0.1) is 12.0 Å². The van der Waals surface area contributed by atoms with Crippen LogP contribution < -0.4 is 14.8 Å². The number of hydrogen-bond acceptors (Lipinski definition) is 4. The van der Waals surface area contributed by atoms with E-state index < -0.39 is 18.1 Å². The predicted octanol–water partition coefficient (Wildman–Crippen LogP) is 3.27. The van der Waals surface area contributed by atoms with Crippen molar-refractivity contribution in [1.82, 2.24) is 10.2 Å². The largest absolute Gasteiger partial charge is 0.486 e. The van der Waals surface area contributed by atoms with Gasteiger partial charge in [0.15, 0.2) is 11.5 Å². The van der Waals surface area contributed by atoms with Crippen molar-refractivity contribution in [3.63, 3.8) is 0 Å². The molecule has 1 N–H and O–H groups in total. The van der Waals surface area contributed by atoms with Gasteiger partial charge in [0.1, 0.15) is 13.2 Å². The van der Waals surface area contributed by atoms with Crippen LogP contribution in [0.4, 0.5) is 13.2 Å². The van der Waals surface area contributed by atoms with Gasteiger partial charge in [-0.15, -0.1) is 0 Å². The molecule has 1 heterocycles. The molecule has 1 saturated carbocycles. The van der Waals surface area contributed by atoms with Crippen molar-refractivity contribution < 1.29 is 27.4 Å². The Bertz CT molecular complexity index is 688. The summed E-state index contributed by atoms with van der Waals surface area (Å²) in [6, 6.07) is 5.68. The lowest BCUT2D eigenvalue weighted by atomic mass is 9.77. The zero-order valence-corrected chi connectivity index (χ0v) is 16.1. The molecule has 3 rings (SSSR count). The van der Waals surface area contributed by atoms with Crippen molar-refractivity contribution in [2.75, 3.05) is 39.9 Å². The Kier molecular flexibility index (Phi) is 6.37. The second-order valence-corrected chi connectivity index (χ2v) is 7.61. The van der Waals surface area contributed by atoms with Gasteiger partial charge in [-0.05, 0) is 50.6 Å². The SMILES string of the molecule is CN(CCCNC(=O)C1(c2ccc3c(c2)OCCO3)CCCC1)CC(F)(F)F. The average Bonchev–Trinajstić information content (AvgIpc) is 3.14. The quantitative estimate of drug-likeness (QED) is 0.714. The van der Waals surface area contributed by atoms with E-state index in [1.807, 2.05) is 18.2 Å². The summed E-state index contributed by atoms with van der Waals surface area (Å²) in [6.07, 6.45) is -0.287. The smallest absolute Gasteiger partial charge is 0.401 e. The van der Waals surface area contributed by atoms with E-state index in [2.05, 4.69) is 5.32 Å². The number of rotatable bonds is 7. The topological polar surface area (TPSA) is 50.8 Å². The molecule has 0 radical (unpaired) electrons. The predicted molar refractivity (Wildman–Crippen MR) is 98.8 cm³/mol. The van der Waals surface area contributed by atoms with Crippen LogP contribution >= 0.6 is 0 Å². The number of carbonyl (C=O) groups is 1. The molecule has 1 fully saturated rings. The Morgan fingerprint density at radius 1 is 1.18 bits per heavy atom. The van der Waals surface area contributed by atoms with Gasteiger partial charge < -0.3 is 14.8 Å². The highest BCUT2D eigenvalue weighted by molar-refractivity contribution is 5.88. The highest BCUT2D eigenvalue weighted by Crippen LogP contribution is 2.44. The summed E-state index contributed by atoms with van der Waals surface area (Å²) in [7, 11) is 1.43. The maximum Gasteiger partial charge on any atom is 0.401 e. The van der Waals surface area contributed by atoms with E-state index in [-0.39, 0.29) is 12.5 Å². The van der Waals surface area contributed by atoms with Crippen molar-refractivity contribution in [2.24, 2.45) is 0 Å². The first-order valence-electron chi connectivity index (χ1n) is 9.74. The maximum atomic E-state index is 13.0. The van der Waals surface area contributed by atoms with Crippen LogP contribution in [0, 0.1) is 0 Å². The van der Waals surface area contributed by atoms with Crippen LogP contribution in [0.25, 0.3) is 0 Å². The molecular formula is C20H27F3N2O3. The third kappa shape index (κ3) is 4.90. The maximum absolute atomic E-state index is 13.0. The number of benzene rings is 1. The highest BCUT2D eigenvalue weighted by atomic mass is 19.4. The molecule has 0 spiro atoms. The summed E-state index contributed by atoms with van der Waals surface area (Å²) in [4.78, 5) is 14.3. The van der Waals surface area contributed by atoms with Gasteiger partial charge in [-0.3, -0.25) is 9.69 Å². The third-order valence-corrected chi connectivity index (χ3v) is 5.44. The molecule has 1 aliphatic carbocycles. The van der Waals surface area contributed by atoms with Crippen LogP contribution in [-0.2, 0) is 10.2 Å². The van der Waals surface area contributed by atoms with E-state index in [9.17, 15) is 18.0 Å². The van der Waals surface area contributed by atoms with Gasteiger partial charge in [-0.25, -0.2) is 0 Å². The number of halogens is 3. The first-order chi connectivity index (χ1) is 13.3. The summed E-state index contributed by atoms with van der Waals surface area (Å²) < 4.78 is 48.3. The minimum atomic E-state index is -4.20. The van der Waals surface area contributed by atoms with Gasteiger partial charge in [-0.1, -0.05) is 18.9 Å². The van der Waals surface area contributed by atoms with E-state index in [1.54, 1.807) is 0 Å². The first-order valence-corrected chi connectivity index (χ1v) is 9.74. The van der Waals surface area contributed by atoms with E-state index in [1.165, 1.54) is 11.9 Å². The van der Waals surface area contributed by atoms with Crippen LogP contribution in [0.3, 0.4) is 0 Å². The molecule has 1 aliphatic heterocycles. The molecule has 1 aromatic rings. The van der Waals surface area contributed by atoms with Gasteiger partial charge >= 0.3 is 6.18 Å². The number of fused-ring (bicyclic) bond motifs is 1. The Labute approximate surface area is 163 Å². The van der Waals surface area contributed by atoms with Crippen LogP contribution in [0.1, 0.15) is 37.7 Å². The minimum Gasteiger partial charge on any atom is -0.486 e. The highest BCUT2D eigenvalue weighted by Gasteiger charge is 2.43. The number of alkyl halides is 3. The number of amides is 1. The number of hydrogen-bond donors (Lipinski definition) is 1. The first kappa shape index (κ1) is 20.8. The monoisotopic (exact) mass is 400 g/mol. The zero-order chi connectivity index (χ0) is 20.2. The molecule has 8 heteroatoms. The van der Waals surface area contributed by atoms with Crippen molar-refractivity contribution in [2.45, 2.75) is 43.7 Å². The van der Waals surface area contributed by atoms with Crippen molar-refractivity contribution in [3.05, 3.63) is 23.8 Å². The molecule has 2 aliphatic rings. The fraction of sp³-hybridized carbons (Fsp3) is 0.650. The van der Waals surface area contributed by atoms with Gasteiger partial charge in [0.25, 0.3) is 0 Å². The minimum absolute atomic E-state index is 0.0554. The van der Waals surface area contributed by atoms with Crippen LogP contribution in [0.5, 0.6) is 11.5 Å². The third-order valence-electron chi connectivity index (χ3n) is 5.44. The van der Waals surface area contributed by atoms with Crippen molar-refractivity contribution >= 4 is 5.91 Å². The lowest BCUT2D eigenvalue weighted by Crippen LogP contribution is -2.43. The Hall–Kier alpha value is -1.96. The molecule has 0 atom stereocenters. The van der Waals surface area contributed by atoms with E-state index in [0.717, 1.165) is 31.2 Å². The second kappa shape index (κ2) is 8.59. The second-order valence-electron chi connectivity index (χ2n) is 7.61. The van der Waals surface area contributed by atoms with E-state index in [4.69, 9.17) is 9.47 Å². The summed E-state index contributed by atoms with van der Waals surface area (Å²) in [6.45, 7) is 0.689. The average molecular weight is 400 g/mol. The number of nitrogens with zero attached hydrogens (tertiary/aromatic N) is 1. The Morgan fingerprint density at radius 3 is 2.54 bits per heavy atom. The van der Waals surface area contributed by atoms with Crippen molar-refractivity contribution in [3.8, 4) is 11.5 Å². The molecule has 1 amide bonds. The summed E-state index contributed by atoms with van der Waals surface area (Å²) in [5.74, 6) is 1.30. The van der Waals surface area contributed by atoms with Gasteiger partial charge in [-0.2, -0.15) is 13.2 Å². The van der Waals surface area contributed by atoms with E-state index >= 15 is 0 Å². The molecule has 0 bridgehead atoms. The lowest BCUT2D eigenvalue weighted by Gasteiger charge is -2.30. The van der Waals surface area contributed by atoms with Crippen molar-refractivity contribution in [1.29, 1.82) is 0 Å². The molecule has 28 heavy (non-hydrogen) atoms. The summed E-state index contributed by atoms with van der Waals surface area (Å²) in [5.41, 5.74) is 0.314. The summed E-state index contributed by atoms with van der Waals surface area (Å²) in [5, 5.41) is 2.94. The molecule has 156 valence electrons. The van der Waals surface area contributed by atoms with Crippen LogP contribution in [-0.4, -0.2) is 56.9 Å². The number of carbonyl (C=O) groups excluding carboxylic acids is 1. The van der Waals surface area contributed by atoms with E-state index in [0.29, 0.717) is 37.7 Å². The number of ether oxygens (including phenoxy) is 2. The standard InChI is InChI=1S/C20H27F3N2O3/c1-25(14-20(21,22)23)10-4-9-24-18(26)19(7-2-3-8-19)15-5-6-16-17(13-15)28-12-11-27-16/h5-6,13H,2-4,7-12,14H2,1H3,(H,24,26). The molecule has 0 saturated heterocycles. The lowest BCUT2D eigenvalue weighted by molar-refractivity contribution is -0.143. The molecule has 0 unspecified atom stereocenters. The van der Waals surface area contributed by atoms with Gasteiger partial charge in [0.2, 0.25) is 5.91 Å². The van der Waals surface area contributed by atoms with Crippen LogP contribution in [0.15, 0.2) is 18.2 Å².